The molecule has 0 unspecified atom stereocenters. The van der Waals surface area contributed by atoms with Gasteiger partial charge in [-0.1, -0.05) is 24.3 Å². The maximum Gasteiger partial charge on any atom is 0.325 e. The summed E-state index contributed by atoms with van der Waals surface area (Å²) in [5.74, 6) is -0.439. The topological polar surface area (TPSA) is 76.5 Å². The summed E-state index contributed by atoms with van der Waals surface area (Å²) in [6, 6.07) is 9.53. The molecule has 0 radical (unpaired) electrons. The second kappa shape index (κ2) is 4.20. The van der Waals surface area contributed by atoms with Gasteiger partial charge in [-0.25, -0.2) is 0 Å². The predicted molar refractivity (Wildman–Crippen MR) is 58.7 cm³/mol. The van der Waals surface area contributed by atoms with Crippen molar-refractivity contribution in [3.05, 3.63) is 48.2 Å². The van der Waals surface area contributed by atoms with Gasteiger partial charge in [0.2, 0.25) is 0 Å². The zero-order valence-electron chi connectivity index (χ0n) is 8.46. The second-order valence-electron chi connectivity index (χ2n) is 3.38. The van der Waals surface area contributed by atoms with Gasteiger partial charge in [-0.15, -0.1) is 0 Å². The predicted octanol–water partition coefficient (Wildman–Crippen LogP) is 2.03. The van der Waals surface area contributed by atoms with Crippen LogP contribution < -0.4 is 5.73 Å². The van der Waals surface area contributed by atoms with Crippen molar-refractivity contribution in [2.75, 3.05) is 0 Å². The van der Waals surface area contributed by atoms with Gasteiger partial charge in [-0.05, 0) is 17.7 Å². The quantitative estimate of drug-likeness (QED) is 0.824. The number of rotatable bonds is 3. The maximum absolute atomic E-state index is 10.9. The van der Waals surface area contributed by atoms with Crippen LogP contribution in [0.15, 0.2) is 47.1 Å². The molecular formula is C12H11NO3. The summed E-state index contributed by atoms with van der Waals surface area (Å²) in [4.78, 5) is 10.9. The molecule has 2 rings (SSSR count). The van der Waals surface area contributed by atoms with Gasteiger partial charge in [-0.2, -0.15) is 0 Å². The van der Waals surface area contributed by atoms with Crippen LogP contribution in [0.2, 0.25) is 0 Å². The van der Waals surface area contributed by atoms with Gasteiger partial charge < -0.3 is 15.3 Å². The van der Waals surface area contributed by atoms with Crippen LogP contribution in [0.3, 0.4) is 0 Å². The molecule has 0 aliphatic heterocycles. The van der Waals surface area contributed by atoms with Crippen LogP contribution >= 0.6 is 0 Å². The normalized spacial score (nSPS) is 12.3. The van der Waals surface area contributed by atoms with Crippen LogP contribution in [0, 0.1) is 0 Å². The monoisotopic (exact) mass is 217 g/mol. The molecule has 0 saturated carbocycles. The minimum atomic E-state index is -1.06. The molecule has 4 heteroatoms. The average Bonchev–Trinajstić information content (AvgIpc) is 2.81. The summed E-state index contributed by atoms with van der Waals surface area (Å²) < 4.78 is 5.24. The second-order valence-corrected chi connectivity index (χ2v) is 3.38. The molecule has 1 atom stereocenters. The van der Waals surface area contributed by atoms with Crippen molar-refractivity contribution < 1.29 is 14.3 Å². The van der Waals surface area contributed by atoms with Gasteiger partial charge in [-0.3, -0.25) is 4.79 Å². The average molecular weight is 217 g/mol. The number of hydrogen-bond donors (Lipinski definition) is 2. The van der Waals surface area contributed by atoms with E-state index in [1.54, 1.807) is 36.6 Å². The van der Waals surface area contributed by atoms with Crippen LogP contribution in [0.25, 0.3) is 11.3 Å². The lowest BCUT2D eigenvalue weighted by atomic mass is 9.99. The third-order valence-electron chi connectivity index (χ3n) is 2.35. The standard InChI is InChI=1S/C12H11NO3/c13-11(12(14)15)9-5-2-1-4-8(9)10-6-3-7-16-10/h1-7,11H,13H2,(H,14,15)/t11-/m0/s1. The molecular weight excluding hydrogens is 206 g/mol. The summed E-state index contributed by atoms with van der Waals surface area (Å²) in [6.45, 7) is 0. The van der Waals surface area contributed by atoms with Gasteiger partial charge in [0.25, 0.3) is 0 Å². The largest absolute Gasteiger partial charge is 0.480 e. The van der Waals surface area contributed by atoms with Crippen molar-refractivity contribution >= 4 is 5.97 Å². The van der Waals surface area contributed by atoms with Gasteiger partial charge in [0, 0.05) is 5.56 Å². The fourth-order valence-electron chi connectivity index (χ4n) is 1.56. The van der Waals surface area contributed by atoms with Gasteiger partial charge in [0.1, 0.15) is 11.8 Å². The fraction of sp³-hybridized carbons (Fsp3) is 0.0833. The van der Waals surface area contributed by atoms with E-state index in [0.29, 0.717) is 16.9 Å². The lowest BCUT2D eigenvalue weighted by Crippen LogP contribution is -2.21. The van der Waals surface area contributed by atoms with Crippen LogP contribution in [0.5, 0.6) is 0 Å². The van der Waals surface area contributed by atoms with Crippen LogP contribution in [0.4, 0.5) is 0 Å². The molecule has 0 saturated heterocycles. The summed E-state index contributed by atoms with van der Waals surface area (Å²) in [6.07, 6.45) is 1.54. The Kier molecular flexibility index (Phi) is 2.74. The number of furan rings is 1. The van der Waals surface area contributed by atoms with Crippen molar-refractivity contribution in [3.8, 4) is 11.3 Å². The van der Waals surface area contributed by atoms with E-state index in [1.165, 1.54) is 0 Å². The van der Waals surface area contributed by atoms with E-state index in [4.69, 9.17) is 15.3 Å². The molecule has 16 heavy (non-hydrogen) atoms. The highest BCUT2D eigenvalue weighted by Gasteiger charge is 2.19. The molecule has 1 aromatic heterocycles. The molecule has 1 heterocycles. The van der Waals surface area contributed by atoms with E-state index in [-0.39, 0.29) is 0 Å². The van der Waals surface area contributed by atoms with Gasteiger partial charge in [0.15, 0.2) is 0 Å². The van der Waals surface area contributed by atoms with E-state index >= 15 is 0 Å². The zero-order chi connectivity index (χ0) is 11.5. The summed E-state index contributed by atoms with van der Waals surface area (Å²) in [5, 5.41) is 8.90. The van der Waals surface area contributed by atoms with Crippen molar-refractivity contribution in [3.63, 3.8) is 0 Å². The van der Waals surface area contributed by atoms with Crippen molar-refractivity contribution in [1.82, 2.24) is 0 Å². The van der Waals surface area contributed by atoms with E-state index < -0.39 is 12.0 Å². The smallest absolute Gasteiger partial charge is 0.325 e. The number of aliphatic carboxylic acids is 1. The first kappa shape index (κ1) is 10.4. The molecule has 1 aromatic carbocycles. The first-order valence-electron chi connectivity index (χ1n) is 4.81. The van der Waals surface area contributed by atoms with Gasteiger partial charge in [0.05, 0.1) is 6.26 Å². The van der Waals surface area contributed by atoms with Crippen molar-refractivity contribution in [2.24, 2.45) is 5.73 Å². The summed E-state index contributed by atoms with van der Waals surface area (Å²) in [7, 11) is 0. The zero-order valence-corrected chi connectivity index (χ0v) is 8.46. The van der Waals surface area contributed by atoms with Crippen LogP contribution in [0.1, 0.15) is 11.6 Å². The fourth-order valence-corrected chi connectivity index (χ4v) is 1.56. The molecule has 0 aliphatic carbocycles. The number of carbonyl (C=O) groups is 1. The number of hydrogen-bond acceptors (Lipinski definition) is 3. The molecule has 82 valence electrons. The molecule has 0 amide bonds. The van der Waals surface area contributed by atoms with Crippen molar-refractivity contribution in [2.45, 2.75) is 6.04 Å². The van der Waals surface area contributed by atoms with Gasteiger partial charge >= 0.3 is 5.97 Å². The lowest BCUT2D eigenvalue weighted by Gasteiger charge is -2.10. The minimum absolute atomic E-state index is 0.546. The Morgan fingerprint density at radius 1 is 1.25 bits per heavy atom. The number of nitrogens with two attached hydrogens (primary N) is 1. The molecule has 4 nitrogen and oxygen atoms in total. The first-order valence-corrected chi connectivity index (χ1v) is 4.81. The minimum Gasteiger partial charge on any atom is -0.480 e. The van der Waals surface area contributed by atoms with E-state index in [0.717, 1.165) is 0 Å². The Labute approximate surface area is 92.3 Å². The Hall–Kier alpha value is -2.07. The molecule has 0 aliphatic rings. The Balaban J connectivity index is 2.50. The Morgan fingerprint density at radius 2 is 2.00 bits per heavy atom. The number of benzene rings is 1. The molecule has 3 N–H and O–H groups in total. The molecule has 2 aromatic rings. The van der Waals surface area contributed by atoms with Crippen molar-refractivity contribution in [1.29, 1.82) is 0 Å². The number of carboxylic acid groups (broad SMARTS) is 1. The summed E-state index contributed by atoms with van der Waals surface area (Å²) in [5.41, 5.74) is 6.86. The summed E-state index contributed by atoms with van der Waals surface area (Å²) >= 11 is 0. The van der Waals surface area contributed by atoms with E-state index in [9.17, 15) is 4.79 Å². The Bertz CT molecular complexity index is 491. The molecule has 0 fully saturated rings. The number of carboxylic acids is 1. The molecule has 0 spiro atoms. The van der Waals surface area contributed by atoms with Crippen LogP contribution in [-0.4, -0.2) is 11.1 Å². The third-order valence-corrected chi connectivity index (χ3v) is 2.35. The molecule has 0 bridgehead atoms. The highest BCUT2D eigenvalue weighted by atomic mass is 16.4. The van der Waals surface area contributed by atoms with E-state index in [2.05, 4.69) is 0 Å². The van der Waals surface area contributed by atoms with Crippen LogP contribution in [-0.2, 0) is 4.79 Å². The maximum atomic E-state index is 10.9. The third kappa shape index (κ3) is 1.83. The highest BCUT2D eigenvalue weighted by molar-refractivity contribution is 5.79. The first-order chi connectivity index (χ1) is 7.70. The van der Waals surface area contributed by atoms with E-state index in [1.807, 2.05) is 6.07 Å². The Morgan fingerprint density at radius 3 is 2.62 bits per heavy atom. The lowest BCUT2D eigenvalue weighted by molar-refractivity contribution is -0.138. The highest BCUT2D eigenvalue weighted by Crippen LogP contribution is 2.27. The SMILES string of the molecule is N[C@H](C(=O)O)c1ccccc1-c1ccco1.